The number of piperazine rings is 1. The first-order valence-corrected chi connectivity index (χ1v) is 8.08. The molecule has 1 amide bonds. The normalized spacial score (nSPS) is 16.6. The van der Waals surface area contributed by atoms with Gasteiger partial charge in [-0.2, -0.15) is 0 Å². The number of anilines is 1. The fourth-order valence-corrected chi connectivity index (χ4v) is 3.88. The summed E-state index contributed by atoms with van der Waals surface area (Å²) < 4.78 is 0. The molecule has 2 aromatic rings. The highest BCUT2D eigenvalue weighted by atomic mass is 32.1. The molecular formula is C15H20N4OS. The number of fused-ring (bicyclic) bond motifs is 1. The van der Waals surface area contributed by atoms with Crippen molar-refractivity contribution in [1.29, 1.82) is 0 Å². The van der Waals surface area contributed by atoms with Crippen molar-refractivity contribution in [3.63, 3.8) is 0 Å². The number of carbonyl (C=O) groups excluding carboxylic acids is 1. The molecule has 1 saturated heterocycles. The van der Waals surface area contributed by atoms with Crippen LogP contribution in [0.15, 0.2) is 12.3 Å². The van der Waals surface area contributed by atoms with Crippen LogP contribution in [0.5, 0.6) is 0 Å². The van der Waals surface area contributed by atoms with Gasteiger partial charge in [0.05, 0.1) is 5.69 Å². The number of nitrogens with zero attached hydrogens (tertiary/aromatic N) is 3. The van der Waals surface area contributed by atoms with Gasteiger partial charge in [0.2, 0.25) is 0 Å². The standard InChI is InChI=1S/C15H20N4OS/c1-3-18-6-8-19(9-7-18)15(20)13-12(16)11-10(2)4-5-17-14(11)21-13/h4-5H,3,6-9,16H2,1-2H3. The zero-order valence-electron chi connectivity index (χ0n) is 12.4. The van der Waals surface area contributed by atoms with Crippen molar-refractivity contribution in [3.8, 4) is 0 Å². The Morgan fingerprint density at radius 2 is 2.10 bits per heavy atom. The first kappa shape index (κ1) is 14.3. The number of carbonyl (C=O) groups is 1. The zero-order valence-corrected chi connectivity index (χ0v) is 13.2. The average molecular weight is 304 g/mol. The van der Waals surface area contributed by atoms with Crippen molar-refractivity contribution in [2.75, 3.05) is 38.5 Å². The van der Waals surface area contributed by atoms with Crippen molar-refractivity contribution in [2.24, 2.45) is 0 Å². The van der Waals surface area contributed by atoms with Crippen LogP contribution in [0.2, 0.25) is 0 Å². The quantitative estimate of drug-likeness (QED) is 0.921. The minimum absolute atomic E-state index is 0.0469. The zero-order chi connectivity index (χ0) is 15.0. The molecule has 0 aliphatic carbocycles. The lowest BCUT2D eigenvalue weighted by Gasteiger charge is -2.33. The molecule has 0 bridgehead atoms. The van der Waals surface area contributed by atoms with E-state index in [1.54, 1.807) is 6.20 Å². The number of aryl methyl sites for hydroxylation is 1. The van der Waals surface area contributed by atoms with Crippen molar-refractivity contribution in [2.45, 2.75) is 13.8 Å². The van der Waals surface area contributed by atoms with Gasteiger partial charge in [0, 0.05) is 37.8 Å². The third kappa shape index (κ3) is 2.49. The lowest BCUT2D eigenvalue weighted by atomic mass is 10.1. The molecule has 1 aliphatic heterocycles. The predicted molar refractivity (Wildman–Crippen MR) is 86.8 cm³/mol. The van der Waals surface area contributed by atoms with E-state index >= 15 is 0 Å². The van der Waals surface area contributed by atoms with Gasteiger partial charge in [-0.3, -0.25) is 4.79 Å². The van der Waals surface area contributed by atoms with Crippen molar-refractivity contribution in [1.82, 2.24) is 14.8 Å². The fourth-order valence-electron chi connectivity index (χ4n) is 2.77. The molecule has 1 aliphatic rings. The summed E-state index contributed by atoms with van der Waals surface area (Å²) in [6.45, 7) is 8.60. The molecule has 112 valence electrons. The summed E-state index contributed by atoms with van der Waals surface area (Å²) in [5.74, 6) is 0.0469. The third-order valence-electron chi connectivity index (χ3n) is 4.14. The first-order valence-electron chi connectivity index (χ1n) is 7.27. The second kappa shape index (κ2) is 5.61. The Kier molecular flexibility index (Phi) is 3.82. The van der Waals surface area contributed by atoms with Gasteiger partial charge in [0.25, 0.3) is 5.91 Å². The van der Waals surface area contributed by atoms with Gasteiger partial charge in [-0.25, -0.2) is 4.98 Å². The van der Waals surface area contributed by atoms with Crippen molar-refractivity contribution in [3.05, 3.63) is 22.7 Å². The van der Waals surface area contributed by atoms with Crippen molar-refractivity contribution < 1.29 is 4.79 Å². The van der Waals surface area contributed by atoms with Crippen LogP contribution in [0.3, 0.4) is 0 Å². The maximum atomic E-state index is 12.7. The monoisotopic (exact) mass is 304 g/mol. The number of thiophene rings is 1. The highest BCUT2D eigenvalue weighted by Crippen LogP contribution is 2.35. The number of pyridine rings is 1. The van der Waals surface area contributed by atoms with E-state index in [-0.39, 0.29) is 5.91 Å². The molecule has 0 radical (unpaired) electrons. The number of aromatic nitrogens is 1. The molecule has 0 spiro atoms. The molecule has 3 rings (SSSR count). The van der Waals surface area contributed by atoms with Crippen LogP contribution in [-0.4, -0.2) is 53.4 Å². The molecule has 5 nitrogen and oxygen atoms in total. The number of likely N-dealkylation sites (N-methyl/N-ethyl adjacent to an activating group) is 1. The SMILES string of the molecule is CCN1CCN(C(=O)c2sc3nccc(C)c3c2N)CC1. The van der Waals surface area contributed by atoms with E-state index in [0.29, 0.717) is 10.6 Å². The Morgan fingerprint density at radius 3 is 2.71 bits per heavy atom. The molecule has 3 heterocycles. The summed E-state index contributed by atoms with van der Waals surface area (Å²) in [4.78, 5) is 22.8. The Bertz CT molecular complexity index is 674. The molecule has 2 N–H and O–H groups in total. The van der Waals surface area contributed by atoms with Crippen LogP contribution < -0.4 is 5.73 Å². The minimum Gasteiger partial charge on any atom is -0.397 e. The number of nitrogens with two attached hydrogens (primary N) is 1. The Morgan fingerprint density at radius 1 is 1.38 bits per heavy atom. The number of amides is 1. The molecule has 0 aromatic carbocycles. The van der Waals surface area contributed by atoms with Gasteiger partial charge in [0.15, 0.2) is 0 Å². The van der Waals surface area contributed by atoms with Crippen LogP contribution >= 0.6 is 11.3 Å². The number of hydrogen-bond acceptors (Lipinski definition) is 5. The van der Waals surface area contributed by atoms with E-state index in [0.717, 1.165) is 48.5 Å². The smallest absolute Gasteiger partial charge is 0.266 e. The van der Waals surface area contributed by atoms with E-state index in [9.17, 15) is 4.79 Å². The first-order chi connectivity index (χ1) is 10.1. The summed E-state index contributed by atoms with van der Waals surface area (Å²) >= 11 is 1.41. The number of hydrogen-bond donors (Lipinski definition) is 1. The molecule has 0 atom stereocenters. The lowest BCUT2D eigenvalue weighted by Crippen LogP contribution is -2.48. The summed E-state index contributed by atoms with van der Waals surface area (Å²) in [7, 11) is 0. The van der Waals surface area contributed by atoms with Crippen LogP contribution in [0, 0.1) is 6.92 Å². The second-order valence-corrected chi connectivity index (χ2v) is 6.38. The number of rotatable bonds is 2. The summed E-state index contributed by atoms with van der Waals surface area (Å²) in [6, 6.07) is 1.93. The van der Waals surface area contributed by atoms with Crippen LogP contribution in [0.25, 0.3) is 10.2 Å². The Balaban J connectivity index is 1.89. The van der Waals surface area contributed by atoms with Gasteiger partial charge in [-0.05, 0) is 25.1 Å². The molecular weight excluding hydrogens is 284 g/mol. The Hall–Kier alpha value is -1.66. The molecule has 21 heavy (non-hydrogen) atoms. The average Bonchev–Trinajstić information content (AvgIpc) is 2.85. The van der Waals surface area contributed by atoms with Gasteiger partial charge in [-0.1, -0.05) is 6.92 Å². The minimum atomic E-state index is 0.0469. The van der Waals surface area contributed by atoms with E-state index < -0.39 is 0 Å². The fraction of sp³-hybridized carbons (Fsp3) is 0.467. The summed E-state index contributed by atoms with van der Waals surface area (Å²) in [5, 5.41) is 0.929. The largest absolute Gasteiger partial charge is 0.397 e. The van der Waals surface area contributed by atoms with E-state index in [1.165, 1.54) is 11.3 Å². The topological polar surface area (TPSA) is 62.5 Å². The summed E-state index contributed by atoms with van der Waals surface area (Å²) in [6.07, 6.45) is 1.77. The highest BCUT2D eigenvalue weighted by Gasteiger charge is 2.25. The van der Waals surface area contributed by atoms with Gasteiger partial charge in [-0.15, -0.1) is 11.3 Å². The van der Waals surface area contributed by atoms with Crippen molar-refractivity contribution >= 4 is 33.1 Å². The lowest BCUT2D eigenvalue weighted by molar-refractivity contribution is 0.0649. The van der Waals surface area contributed by atoms with Gasteiger partial charge in [0.1, 0.15) is 9.71 Å². The van der Waals surface area contributed by atoms with Crippen LogP contribution in [-0.2, 0) is 0 Å². The molecule has 0 saturated carbocycles. The third-order valence-corrected chi connectivity index (χ3v) is 5.24. The maximum Gasteiger partial charge on any atom is 0.266 e. The van der Waals surface area contributed by atoms with Gasteiger partial charge < -0.3 is 15.5 Å². The maximum absolute atomic E-state index is 12.7. The molecule has 6 heteroatoms. The molecule has 0 unspecified atom stereocenters. The number of nitrogen functional groups attached to an aromatic ring is 1. The van der Waals surface area contributed by atoms with Crippen LogP contribution in [0.1, 0.15) is 22.2 Å². The molecule has 1 fully saturated rings. The Labute approximate surface area is 128 Å². The van der Waals surface area contributed by atoms with E-state index in [1.807, 2.05) is 17.9 Å². The second-order valence-electron chi connectivity index (χ2n) is 5.38. The van der Waals surface area contributed by atoms with Crippen LogP contribution in [0.4, 0.5) is 5.69 Å². The summed E-state index contributed by atoms with van der Waals surface area (Å²) in [5.41, 5.74) is 7.87. The van der Waals surface area contributed by atoms with E-state index in [4.69, 9.17) is 5.73 Å². The predicted octanol–water partition coefficient (Wildman–Crippen LogP) is 1.96. The highest BCUT2D eigenvalue weighted by molar-refractivity contribution is 7.21. The molecule has 2 aromatic heterocycles. The van der Waals surface area contributed by atoms with E-state index in [2.05, 4.69) is 16.8 Å². The van der Waals surface area contributed by atoms with Gasteiger partial charge >= 0.3 is 0 Å².